The molecule has 0 aliphatic heterocycles. The first-order valence-electron chi connectivity index (χ1n) is 11.6. The van der Waals surface area contributed by atoms with Gasteiger partial charge in [-0.3, -0.25) is 19.2 Å². The minimum atomic E-state index is -1.27. The van der Waals surface area contributed by atoms with Crippen LogP contribution in [0.2, 0.25) is 0 Å². The van der Waals surface area contributed by atoms with E-state index < -0.39 is 66.2 Å². The van der Waals surface area contributed by atoms with E-state index in [-0.39, 0.29) is 12.8 Å². The fourth-order valence-corrected chi connectivity index (χ4v) is 3.61. The first-order valence-corrected chi connectivity index (χ1v) is 11.6. The molecule has 4 atom stereocenters. The highest BCUT2D eigenvalue weighted by atomic mass is 16.4. The van der Waals surface area contributed by atoms with Crippen molar-refractivity contribution in [2.75, 3.05) is 0 Å². The molecule has 4 unspecified atom stereocenters. The lowest BCUT2D eigenvalue weighted by Crippen LogP contribution is -2.58. The predicted octanol–water partition coefficient (Wildman–Crippen LogP) is 0.117. The van der Waals surface area contributed by atoms with E-state index in [4.69, 9.17) is 10.8 Å². The van der Waals surface area contributed by atoms with Gasteiger partial charge in [0.25, 0.3) is 0 Å². The Morgan fingerprint density at radius 1 is 0.917 bits per heavy atom. The molecule has 0 bridgehead atoms. The largest absolute Gasteiger partial charge is 0.481 e. The van der Waals surface area contributed by atoms with Crippen LogP contribution in [0.15, 0.2) is 30.5 Å². The highest BCUT2D eigenvalue weighted by Crippen LogP contribution is 2.19. The van der Waals surface area contributed by atoms with E-state index >= 15 is 0 Å². The smallest absolute Gasteiger partial charge is 0.326 e. The number of nitrogens with two attached hydrogens (primary N) is 1. The van der Waals surface area contributed by atoms with Crippen LogP contribution < -0.4 is 21.7 Å². The Morgan fingerprint density at radius 2 is 1.53 bits per heavy atom. The average Bonchev–Trinajstić information content (AvgIpc) is 3.21. The maximum Gasteiger partial charge on any atom is 0.326 e. The van der Waals surface area contributed by atoms with E-state index in [1.807, 2.05) is 24.3 Å². The van der Waals surface area contributed by atoms with Gasteiger partial charge in [-0.05, 0) is 30.9 Å². The third-order valence-corrected chi connectivity index (χ3v) is 5.66. The molecule has 36 heavy (non-hydrogen) atoms. The van der Waals surface area contributed by atoms with Crippen molar-refractivity contribution in [3.05, 3.63) is 36.0 Å². The molecule has 1 aromatic carbocycles. The van der Waals surface area contributed by atoms with Gasteiger partial charge < -0.3 is 36.9 Å². The van der Waals surface area contributed by atoms with Gasteiger partial charge >= 0.3 is 11.9 Å². The maximum absolute atomic E-state index is 13.2. The van der Waals surface area contributed by atoms with Gasteiger partial charge in [-0.15, -0.1) is 0 Å². The number of para-hydroxylation sites is 1. The molecule has 0 aliphatic carbocycles. The third-order valence-electron chi connectivity index (χ3n) is 5.66. The Labute approximate surface area is 208 Å². The van der Waals surface area contributed by atoms with E-state index in [0.29, 0.717) is 5.56 Å². The molecule has 0 saturated heterocycles. The van der Waals surface area contributed by atoms with Crippen molar-refractivity contribution in [2.24, 2.45) is 11.7 Å². The van der Waals surface area contributed by atoms with Crippen molar-refractivity contribution < 1.29 is 34.2 Å². The summed E-state index contributed by atoms with van der Waals surface area (Å²) in [4.78, 5) is 64.2. The van der Waals surface area contributed by atoms with Crippen molar-refractivity contribution in [3.63, 3.8) is 0 Å². The lowest BCUT2D eigenvalue weighted by molar-refractivity contribution is -0.143. The topological polar surface area (TPSA) is 204 Å². The summed E-state index contributed by atoms with van der Waals surface area (Å²) in [5, 5.41) is 26.8. The molecule has 0 radical (unpaired) electrons. The average molecular weight is 504 g/mol. The number of fused-ring (bicyclic) bond motifs is 1. The Kier molecular flexibility index (Phi) is 9.97. The zero-order valence-corrected chi connectivity index (χ0v) is 20.4. The number of aromatic nitrogens is 1. The van der Waals surface area contributed by atoms with Gasteiger partial charge in [-0.1, -0.05) is 32.0 Å². The fraction of sp³-hybridized carbons (Fsp3) is 0.458. The highest BCUT2D eigenvalue weighted by molar-refractivity contribution is 5.95. The Balaban J connectivity index is 2.33. The van der Waals surface area contributed by atoms with Crippen LogP contribution in [0.25, 0.3) is 10.9 Å². The van der Waals surface area contributed by atoms with Crippen molar-refractivity contribution in [2.45, 2.75) is 64.2 Å². The number of carboxylic acids is 2. The molecule has 12 heteroatoms. The van der Waals surface area contributed by atoms with Crippen molar-refractivity contribution in [3.8, 4) is 0 Å². The number of aliphatic carboxylic acids is 2. The van der Waals surface area contributed by atoms with Crippen LogP contribution >= 0.6 is 0 Å². The van der Waals surface area contributed by atoms with E-state index in [1.165, 1.54) is 6.92 Å². The number of nitrogens with one attached hydrogen (secondary N) is 4. The molecule has 0 saturated carbocycles. The quantitative estimate of drug-likeness (QED) is 0.199. The number of carbonyl (C=O) groups excluding carboxylic acids is 3. The summed E-state index contributed by atoms with van der Waals surface area (Å²) < 4.78 is 0. The van der Waals surface area contributed by atoms with Crippen molar-refractivity contribution in [1.29, 1.82) is 0 Å². The summed E-state index contributed by atoms with van der Waals surface area (Å²) in [6.07, 6.45) is 1.06. The molecular formula is C24H33N5O7. The Bertz CT molecular complexity index is 1110. The summed E-state index contributed by atoms with van der Waals surface area (Å²) >= 11 is 0. The molecule has 8 N–H and O–H groups in total. The molecule has 12 nitrogen and oxygen atoms in total. The Hall–Kier alpha value is -3.93. The van der Waals surface area contributed by atoms with E-state index in [0.717, 1.165) is 10.9 Å². The van der Waals surface area contributed by atoms with Gasteiger partial charge in [0, 0.05) is 29.9 Å². The molecule has 2 rings (SSSR count). The maximum atomic E-state index is 13.2. The summed E-state index contributed by atoms with van der Waals surface area (Å²) in [7, 11) is 0. The number of carbonyl (C=O) groups is 5. The van der Waals surface area contributed by atoms with Crippen LogP contribution in [-0.4, -0.2) is 69.0 Å². The minimum absolute atomic E-state index is 0.0128. The standard InChI is InChI=1S/C24H33N5O7/c1-12(2)20(24(35)36)29-23(34)18(10-14-11-26-16-7-5-4-6-15(14)16)28-22(33)17(8-9-19(30)31)27-21(32)13(3)25/h4-7,11-13,17-18,20,26H,8-10,25H2,1-3H3,(H,27,32)(H,28,33)(H,29,34)(H,30,31)(H,35,36). The van der Waals surface area contributed by atoms with Crippen LogP contribution in [0, 0.1) is 5.92 Å². The van der Waals surface area contributed by atoms with Crippen LogP contribution in [0.3, 0.4) is 0 Å². The summed E-state index contributed by atoms with van der Waals surface area (Å²) in [6.45, 7) is 4.68. The van der Waals surface area contributed by atoms with Gasteiger partial charge in [0.05, 0.1) is 6.04 Å². The molecule has 2 aromatic rings. The SMILES string of the molecule is CC(N)C(=O)NC(CCC(=O)O)C(=O)NC(Cc1c[nH]c2ccccc12)C(=O)NC(C(=O)O)C(C)C. The van der Waals surface area contributed by atoms with Gasteiger partial charge in [-0.25, -0.2) is 4.79 Å². The number of carboxylic acid groups (broad SMARTS) is 2. The van der Waals surface area contributed by atoms with Gasteiger partial charge in [0.1, 0.15) is 18.1 Å². The van der Waals surface area contributed by atoms with Crippen molar-refractivity contribution >= 4 is 40.6 Å². The summed E-state index contributed by atoms with van der Waals surface area (Å²) in [5.74, 6) is -5.00. The molecule has 0 fully saturated rings. The predicted molar refractivity (Wildman–Crippen MR) is 131 cm³/mol. The summed E-state index contributed by atoms with van der Waals surface area (Å²) in [5.41, 5.74) is 7.07. The number of aromatic amines is 1. The second-order valence-electron chi connectivity index (χ2n) is 8.98. The number of hydrogen-bond acceptors (Lipinski definition) is 6. The minimum Gasteiger partial charge on any atom is -0.481 e. The number of rotatable bonds is 13. The first kappa shape index (κ1) is 28.3. The molecular weight excluding hydrogens is 470 g/mol. The number of hydrogen-bond donors (Lipinski definition) is 7. The van der Waals surface area contributed by atoms with Gasteiger partial charge in [-0.2, -0.15) is 0 Å². The number of benzene rings is 1. The molecule has 1 aromatic heterocycles. The second kappa shape index (κ2) is 12.7. The first-order chi connectivity index (χ1) is 16.9. The zero-order valence-electron chi connectivity index (χ0n) is 20.4. The molecule has 0 aliphatic rings. The molecule has 3 amide bonds. The monoisotopic (exact) mass is 503 g/mol. The van der Waals surface area contributed by atoms with Gasteiger partial charge in [0.2, 0.25) is 17.7 Å². The molecule has 0 spiro atoms. The second-order valence-corrected chi connectivity index (χ2v) is 8.98. The highest BCUT2D eigenvalue weighted by Gasteiger charge is 2.31. The molecule has 196 valence electrons. The summed E-state index contributed by atoms with van der Waals surface area (Å²) in [6, 6.07) is 2.72. The zero-order chi connectivity index (χ0) is 27.0. The third kappa shape index (κ3) is 7.80. The lowest BCUT2D eigenvalue weighted by atomic mass is 10.0. The van der Waals surface area contributed by atoms with E-state index in [1.54, 1.807) is 20.0 Å². The fourth-order valence-electron chi connectivity index (χ4n) is 3.61. The lowest BCUT2D eigenvalue weighted by Gasteiger charge is -2.25. The molecule has 1 heterocycles. The van der Waals surface area contributed by atoms with E-state index in [2.05, 4.69) is 20.9 Å². The van der Waals surface area contributed by atoms with Crippen molar-refractivity contribution in [1.82, 2.24) is 20.9 Å². The van der Waals surface area contributed by atoms with Crippen LogP contribution in [-0.2, 0) is 30.4 Å². The number of amides is 3. The Morgan fingerprint density at radius 3 is 2.11 bits per heavy atom. The van der Waals surface area contributed by atoms with Crippen LogP contribution in [0.1, 0.15) is 39.2 Å². The van der Waals surface area contributed by atoms with Gasteiger partial charge in [0.15, 0.2) is 0 Å². The number of H-pyrrole nitrogens is 1. The normalized spacial score (nSPS) is 14.5. The van der Waals surface area contributed by atoms with Crippen LogP contribution in [0.4, 0.5) is 0 Å². The van der Waals surface area contributed by atoms with Crippen LogP contribution in [0.5, 0.6) is 0 Å². The van der Waals surface area contributed by atoms with E-state index in [9.17, 15) is 29.1 Å².